The van der Waals surface area contributed by atoms with Crippen molar-refractivity contribution >= 4 is 11.7 Å². The van der Waals surface area contributed by atoms with E-state index in [0.29, 0.717) is 12.0 Å². The van der Waals surface area contributed by atoms with Gasteiger partial charge in [-0.3, -0.25) is 4.79 Å². The summed E-state index contributed by atoms with van der Waals surface area (Å²) in [5, 5.41) is 3.03. The highest BCUT2D eigenvalue weighted by molar-refractivity contribution is 5.95. The van der Waals surface area contributed by atoms with Crippen molar-refractivity contribution in [3.8, 4) is 0 Å². The van der Waals surface area contributed by atoms with Crippen LogP contribution in [0.5, 0.6) is 0 Å². The zero-order valence-corrected chi connectivity index (χ0v) is 16.7. The Bertz CT molecular complexity index is 794. The highest BCUT2D eigenvalue weighted by atomic mass is 16.2. The first-order valence-corrected chi connectivity index (χ1v) is 10.4. The van der Waals surface area contributed by atoms with Gasteiger partial charge in [0.1, 0.15) is 5.82 Å². The molecule has 2 atom stereocenters. The van der Waals surface area contributed by atoms with Crippen molar-refractivity contribution in [2.75, 3.05) is 38.5 Å². The van der Waals surface area contributed by atoms with Crippen LogP contribution in [-0.2, 0) is 6.42 Å². The molecule has 0 saturated carbocycles. The fourth-order valence-corrected chi connectivity index (χ4v) is 4.63. The molecule has 0 unspecified atom stereocenters. The third-order valence-corrected chi connectivity index (χ3v) is 6.10. The number of pyridine rings is 1. The lowest BCUT2D eigenvalue weighted by Gasteiger charge is -2.36. The van der Waals surface area contributed by atoms with E-state index in [1.54, 1.807) is 6.20 Å². The molecular weight excluding hydrogens is 348 g/mol. The molecule has 3 fully saturated rings. The molecule has 0 spiro atoms. The summed E-state index contributed by atoms with van der Waals surface area (Å²) in [7, 11) is 1.83. The van der Waals surface area contributed by atoms with E-state index in [-0.39, 0.29) is 5.91 Å². The number of hydrogen-bond donors (Lipinski definition) is 1. The van der Waals surface area contributed by atoms with E-state index in [0.717, 1.165) is 50.4 Å². The monoisotopic (exact) mass is 378 g/mol. The van der Waals surface area contributed by atoms with Gasteiger partial charge in [-0.15, -0.1) is 0 Å². The quantitative estimate of drug-likeness (QED) is 0.838. The van der Waals surface area contributed by atoms with Gasteiger partial charge in [0.15, 0.2) is 0 Å². The molecule has 3 aliphatic rings. The summed E-state index contributed by atoms with van der Waals surface area (Å²) in [4.78, 5) is 22.1. The van der Waals surface area contributed by atoms with Crippen LogP contribution in [0.25, 0.3) is 0 Å². The molecule has 5 nitrogen and oxygen atoms in total. The van der Waals surface area contributed by atoms with E-state index in [4.69, 9.17) is 0 Å². The molecule has 28 heavy (non-hydrogen) atoms. The maximum atomic E-state index is 13.2. The molecule has 3 saturated heterocycles. The van der Waals surface area contributed by atoms with E-state index in [1.807, 2.05) is 19.2 Å². The minimum Gasteiger partial charge on any atom is -0.373 e. The Labute approximate surface area is 167 Å². The van der Waals surface area contributed by atoms with Gasteiger partial charge in [0, 0.05) is 44.5 Å². The lowest BCUT2D eigenvalue weighted by atomic mass is 9.94. The number of aryl methyl sites for hydroxylation is 1. The normalized spacial score (nSPS) is 22.1. The van der Waals surface area contributed by atoms with Crippen molar-refractivity contribution in [2.45, 2.75) is 31.7 Å². The molecular formula is C23H30N4O. The molecule has 4 heterocycles. The number of fused-ring (bicyclic) bond motifs is 4. The number of rotatable bonds is 6. The first-order valence-electron chi connectivity index (χ1n) is 10.4. The number of carbonyl (C=O) groups is 1. The summed E-state index contributed by atoms with van der Waals surface area (Å²) >= 11 is 0. The zero-order valence-electron chi connectivity index (χ0n) is 16.7. The molecule has 0 radical (unpaired) electrons. The van der Waals surface area contributed by atoms with Crippen LogP contribution in [-0.4, -0.2) is 60.0 Å². The third-order valence-electron chi connectivity index (χ3n) is 6.10. The first kappa shape index (κ1) is 18.9. The molecule has 3 aliphatic heterocycles. The van der Waals surface area contributed by atoms with Gasteiger partial charge in [-0.05, 0) is 55.8 Å². The third kappa shape index (κ3) is 4.36. The van der Waals surface area contributed by atoms with E-state index in [9.17, 15) is 4.79 Å². The van der Waals surface area contributed by atoms with Gasteiger partial charge >= 0.3 is 0 Å². The minimum absolute atomic E-state index is 0.153. The Balaban J connectivity index is 1.38. The van der Waals surface area contributed by atoms with Crippen LogP contribution >= 0.6 is 0 Å². The Kier molecular flexibility index (Phi) is 5.91. The second-order valence-electron chi connectivity index (χ2n) is 8.08. The Morgan fingerprint density at radius 2 is 2.00 bits per heavy atom. The highest BCUT2D eigenvalue weighted by Crippen LogP contribution is 2.29. The summed E-state index contributed by atoms with van der Waals surface area (Å²) in [6, 6.07) is 14.7. The average Bonchev–Trinajstić information content (AvgIpc) is 3.05. The maximum absolute atomic E-state index is 13.2. The van der Waals surface area contributed by atoms with Gasteiger partial charge < -0.3 is 15.1 Å². The van der Waals surface area contributed by atoms with Crippen molar-refractivity contribution in [3.05, 3.63) is 59.8 Å². The molecule has 5 rings (SSSR count). The van der Waals surface area contributed by atoms with Gasteiger partial charge in [0.05, 0.1) is 0 Å². The summed E-state index contributed by atoms with van der Waals surface area (Å²) < 4.78 is 0. The van der Waals surface area contributed by atoms with Crippen molar-refractivity contribution < 1.29 is 4.79 Å². The summed E-state index contributed by atoms with van der Waals surface area (Å²) in [6.07, 6.45) is 6.37. The number of amides is 1. The molecule has 2 aromatic rings. The van der Waals surface area contributed by atoms with Gasteiger partial charge in [-0.25, -0.2) is 4.98 Å². The molecule has 148 valence electrons. The van der Waals surface area contributed by atoms with E-state index < -0.39 is 0 Å². The van der Waals surface area contributed by atoms with Gasteiger partial charge in [0.2, 0.25) is 0 Å². The van der Waals surface area contributed by atoms with Crippen LogP contribution in [0.2, 0.25) is 0 Å². The predicted molar refractivity (Wildman–Crippen MR) is 113 cm³/mol. The molecule has 1 aromatic carbocycles. The number of carbonyl (C=O) groups excluding carboxylic acids is 1. The van der Waals surface area contributed by atoms with Crippen LogP contribution in [0, 0.1) is 5.92 Å². The highest BCUT2D eigenvalue weighted by Gasteiger charge is 2.37. The van der Waals surface area contributed by atoms with Crippen molar-refractivity contribution in [1.29, 1.82) is 0 Å². The number of anilines is 1. The lowest BCUT2D eigenvalue weighted by Crippen LogP contribution is -2.47. The molecule has 1 aromatic heterocycles. The zero-order chi connectivity index (χ0) is 19.3. The fraction of sp³-hybridized carbons (Fsp3) is 0.478. The number of hydrogen-bond acceptors (Lipinski definition) is 4. The van der Waals surface area contributed by atoms with E-state index in [2.05, 4.69) is 50.4 Å². The van der Waals surface area contributed by atoms with Crippen LogP contribution in [0.3, 0.4) is 0 Å². The summed E-state index contributed by atoms with van der Waals surface area (Å²) in [6.45, 7) is 4.12. The van der Waals surface area contributed by atoms with Crippen molar-refractivity contribution in [2.24, 2.45) is 5.92 Å². The van der Waals surface area contributed by atoms with Gasteiger partial charge in [-0.2, -0.15) is 0 Å². The standard InChI is InChI=1S/C23H30N4O/c1-24-22-14-20(11-12-25-22)23(28)27-16-19-9-10-21(27)17-26(15-19)13-5-8-18-6-3-2-4-7-18/h2-4,6-7,11-12,14,19,21H,5,8-10,13,15-17H2,1H3,(H,24,25)/t19-,21+/m0/s1. The Morgan fingerprint density at radius 1 is 1.14 bits per heavy atom. The topological polar surface area (TPSA) is 48.5 Å². The Hall–Kier alpha value is -2.40. The Morgan fingerprint density at radius 3 is 2.82 bits per heavy atom. The second kappa shape index (κ2) is 8.74. The fourth-order valence-electron chi connectivity index (χ4n) is 4.63. The number of piperidine rings is 1. The molecule has 2 bridgehead atoms. The maximum Gasteiger partial charge on any atom is 0.254 e. The van der Waals surface area contributed by atoms with Crippen molar-refractivity contribution in [3.63, 3.8) is 0 Å². The smallest absolute Gasteiger partial charge is 0.254 e. The van der Waals surface area contributed by atoms with Crippen LogP contribution in [0.15, 0.2) is 48.7 Å². The first-order chi connectivity index (χ1) is 13.7. The summed E-state index contributed by atoms with van der Waals surface area (Å²) in [5.74, 6) is 1.48. The minimum atomic E-state index is 0.153. The number of nitrogens with zero attached hydrogens (tertiary/aromatic N) is 3. The lowest BCUT2D eigenvalue weighted by molar-refractivity contribution is 0.0585. The van der Waals surface area contributed by atoms with Crippen molar-refractivity contribution in [1.82, 2.24) is 14.8 Å². The molecule has 0 aliphatic carbocycles. The summed E-state index contributed by atoms with van der Waals surface area (Å²) in [5.41, 5.74) is 2.15. The van der Waals surface area contributed by atoms with E-state index in [1.165, 1.54) is 18.4 Å². The van der Waals surface area contributed by atoms with Gasteiger partial charge in [0.25, 0.3) is 5.91 Å². The van der Waals surface area contributed by atoms with Crippen LogP contribution in [0.1, 0.15) is 35.2 Å². The van der Waals surface area contributed by atoms with Gasteiger partial charge in [-0.1, -0.05) is 30.3 Å². The van der Waals surface area contributed by atoms with E-state index >= 15 is 0 Å². The number of benzene rings is 1. The largest absolute Gasteiger partial charge is 0.373 e. The average molecular weight is 379 g/mol. The molecule has 1 amide bonds. The molecule has 1 N–H and O–H groups in total. The predicted octanol–water partition coefficient (Wildman–Crippen LogP) is 3.29. The van der Waals surface area contributed by atoms with Crippen LogP contribution in [0.4, 0.5) is 5.82 Å². The van der Waals surface area contributed by atoms with Crippen LogP contribution < -0.4 is 5.32 Å². The second-order valence-corrected chi connectivity index (χ2v) is 8.08. The molecule has 5 heteroatoms. The number of nitrogens with one attached hydrogen (secondary N) is 1. The number of aromatic nitrogens is 1. The SMILES string of the molecule is CNc1cc(C(=O)N2C[C@H]3CC[C@@H]2CN(CCCc2ccccc2)C3)ccn1.